The van der Waals surface area contributed by atoms with Gasteiger partial charge in [0.2, 0.25) is 5.91 Å². The summed E-state index contributed by atoms with van der Waals surface area (Å²) in [6.45, 7) is 1.79. The molecule has 114 valence electrons. The fourth-order valence-corrected chi connectivity index (χ4v) is 2.92. The molecule has 0 aromatic heterocycles. The second kappa shape index (κ2) is 7.52. The van der Waals surface area contributed by atoms with Crippen molar-refractivity contribution in [3.05, 3.63) is 35.4 Å². The summed E-state index contributed by atoms with van der Waals surface area (Å²) in [6, 6.07) is 7.52. The standard InChI is InChI=1S/C16H22N2O2S/c17-16(21)14-5-3-12(4-6-14)10-15(20)18-8-1-2-13(11-18)7-9-19/h3-6,13,19H,1-2,7-11H2,(H2,17,21). The van der Waals surface area contributed by atoms with Gasteiger partial charge in [0.1, 0.15) is 4.99 Å². The van der Waals surface area contributed by atoms with Crippen LogP contribution < -0.4 is 5.73 Å². The van der Waals surface area contributed by atoms with Gasteiger partial charge in [0.25, 0.3) is 0 Å². The number of nitrogens with two attached hydrogens (primary N) is 1. The third-order valence-corrected chi connectivity index (χ3v) is 4.24. The molecule has 5 heteroatoms. The van der Waals surface area contributed by atoms with E-state index in [9.17, 15) is 4.79 Å². The largest absolute Gasteiger partial charge is 0.396 e. The molecule has 21 heavy (non-hydrogen) atoms. The predicted octanol–water partition coefficient (Wildman–Crippen LogP) is 1.48. The summed E-state index contributed by atoms with van der Waals surface area (Å²) in [5.41, 5.74) is 7.36. The van der Waals surface area contributed by atoms with Crippen molar-refractivity contribution in [2.75, 3.05) is 19.7 Å². The Bertz CT molecular complexity index is 500. The van der Waals surface area contributed by atoms with Gasteiger partial charge in [-0.2, -0.15) is 0 Å². The molecule has 2 rings (SSSR count). The number of benzene rings is 1. The highest BCUT2D eigenvalue weighted by Gasteiger charge is 2.23. The summed E-state index contributed by atoms with van der Waals surface area (Å²) < 4.78 is 0. The molecule has 1 aromatic carbocycles. The number of hydrogen-bond acceptors (Lipinski definition) is 3. The molecule has 1 aliphatic rings. The number of carbonyl (C=O) groups is 1. The molecule has 1 atom stereocenters. The smallest absolute Gasteiger partial charge is 0.226 e. The molecule has 1 aromatic rings. The minimum absolute atomic E-state index is 0.153. The van der Waals surface area contributed by atoms with E-state index in [2.05, 4.69) is 0 Å². The van der Waals surface area contributed by atoms with Gasteiger partial charge in [-0.25, -0.2) is 0 Å². The van der Waals surface area contributed by atoms with Crippen LogP contribution in [0.5, 0.6) is 0 Å². The van der Waals surface area contributed by atoms with Crippen molar-refractivity contribution in [3.8, 4) is 0 Å². The molecule has 4 nitrogen and oxygen atoms in total. The van der Waals surface area contributed by atoms with Crippen LogP contribution in [0.2, 0.25) is 0 Å². The van der Waals surface area contributed by atoms with Crippen LogP contribution in [0.4, 0.5) is 0 Å². The van der Waals surface area contributed by atoms with Gasteiger partial charge >= 0.3 is 0 Å². The van der Waals surface area contributed by atoms with E-state index in [1.54, 1.807) is 0 Å². The molecule has 0 radical (unpaired) electrons. The third kappa shape index (κ3) is 4.51. The normalized spacial score (nSPS) is 18.5. The lowest BCUT2D eigenvalue weighted by Gasteiger charge is -2.32. The first-order valence-corrected chi connectivity index (χ1v) is 7.78. The number of piperidine rings is 1. The van der Waals surface area contributed by atoms with E-state index in [1.165, 1.54) is 0 Å². The molecule has 1 fully saturated rings. The van der Waals surface area contributed by atoms with Crippen molar-refractivity contribution >= 4 is 23.1 Å². The average molecular weight is 306 g/mol. The van der Waals surface area contributed by atoms with Gasteiger partial charge in [0.15, 0.2) is 0 Å². The van der Waals surface area contributed by atoms with Gasteiger partial charge in [0.05, 0.1) is 6.42 Å². The molecule has 3 N–H and O–H groups in total. The second-order valence-corrected chi connectivity index (χ2v) is 6.04. The van der Waals surface area contributed by atoms with Gasteiger partial charge in [-0.3, -0.25) is 4.79 Å². The van der Waals surface area contributed by atoms with Gasteiger partial charge in [-0.05, 0) is 30.7 Å². The Morgan fingerprint density at radius 2 is 2.10 bits per heavy atom. The Morgan fingerprint density at radius 3 is 2.71 bits per heavy atom. The number of nitrogens with zero attached hydrogens (tertiary/aromatic N) is 1. The summed E-state index contributed by atoms with van der Waals surface area (Å²) in [6.07, 6.45) is 3.32. The van der Waals surface area contributed by atoms with E-state index in [4.69, 9.17) is 23.1 Å². The van der Waals surface area contributed by atoms with Crippen molar-refractivity contribution in [2.45, 2.75) is 25.7 Å². The molecular formula is C16H22N2O2S. The Hall–Kier alpha value is -1.46. The zero-order chi connectivity index (χ0) is 15.2. The molecule has 1 aliphatic heterocycles. The van der Waals surface area contributed by atoms with Crippen LogP contribution in [0, 0.1) is 5.92 Å². The lowest BCUT2D eigenvalue weighted by atomic mass is 9.94. The Balaban J connectivity index is 1.92. The van der Waals surface area contributed by atoms with Gasteiger partial charge < -0.3 is 15.7 Å². The minimum atomic E-state index is 0.153. The molecule has 0 aliphatic carbocycles. The molecule has 1 unspecified atom stereocenters. The van der Waals surface area contributed by atoms with E-state index >= 15 is 0 Å². The van der Waals surface area contributed by atoms with E-state index in [0.29, 0.717) is 17.3 Å². The SMILES string of the molecule is NC(=S)c1ccc(CC(=O)N2CCCC(CCO)C2)cc1. The Kier molecular flexibility index (Phi) is 5.70. The number of amides is 1. The maximum Gasteiger partial charge on any atom is 0.226 e. The first-order chi connectivity index (χ1) is 10.1. The fraction of sp³-hybridized carbons (Fsp3) is 0.500. The molecule has 1 amide bonds. The van der Waals surface area contributed by atoms with Crippen molar-refractivity contribution in [3.63, 3.8) is 0 Å². The number of aliphatic hydroxyl groups is 1. The van der Waals surface area contributed by atoms with E-state index < -0.39 is 0 Å². The van der Waals surface area contributed by atoms with Gasteiger partial charge in [-0.1, -0.05) is 36.5 Å². The highest BCUT2D eigenvalue weighted by Crippen LogP contribution is 2.20. The quantitative estimate of drug-likeness (QED) is 0.809. The van der Waals surface area contributed by atoms with Crippen molar-refractivity contribution in [1.82, 2.24) is 4.90 Å². The maximum atomic E-state index is 12.3. The lowest BCUT2D eigenvalue weighted by molar-refractivity contribution is -0.132. The van der Waals surface area contributed by atoms with Crippen LogP contribution in [0.1, 0.15) is 30.4 Å². The number of thiocarbonyl (C=S) groups is 1. The number of rotatable bonds is 5. The summed E-state index contributed by atoms with van der Waals surface area (Å²) in [4.78, 5) is 14.6. The predicted molar refractivity (Wildman–Crippen MR) is 87.0 cm³/mol. The summed E-state index contributed by atoms with van der Waals surface area (Å²) in [5.74, 6) is 0.588. The van der Waals surface area contributed by atoms with E-state index in [1.807, 2.05) is 29.2 Å². The Labute approximate surface area is 130 Å². The van der Waals surface area contributed by atoms with Crippen LogP contribution in [0.25, 0.3) is 0 Å². The lowest BCUT2D eigenvalue weighted by Crippen LogP contribution is -2.40. The topological polar surface area (TPSA) is 66.6 Å². The zero-order valence-corrected chi connectivity index (χ0v) is 12.9. The van der Waals surface area contributed by atoms with Crippen LogP contribution in [-0.2, 0) is 11.2 Å². The average Bonchev–Trinajstić information content (AvgIpc) is 2.48. The van der Waals surface area contributed by atoms with Crippen LogP contribution in [-0.4, -0.2) is 40.6 Å². The van der Waals surface area contributed by atoms with E-state index in [-0.39, 0.29) is 12.5 Å². The third-order valence-electron chi connectivity index (χ3n) is 4.00. The van der Waals surface area contributed by atoms with Crippen molar-refractivity contribution in [1.29, 1.82) is 0 Å². The molecular weight excluding hydrogens is 284 g/mol. The zero-order valence-electron chi connectivity index (χ0n) is 12.1. The van der Waals surface area contributed by atoms with Gasteiger partial charge in [0, 0.05) is 25.3 Å². The molecule has 1 heterocycles. The second-order valence-electron chi connectivity index (χ2n) is 5.60. The molecule has 0 spiro atoms. The molecule has 1 saturated heterocycles. The fourth-order valence-electron chi connectivity index (χ4n) is 2.78. The number of carbonyl (C=O) groups excluding carboxylic acids is 1. The van der Waals surface area contributed by atoms with Crippen molar-refractivity contribution in [2.24, 2.45) is 11.7 Å². The monoisotopic (exact) mass is 306 g/mol. The molecule has 0 saturated carbocycles. The number of likely N-dealkylation sites (tertiary alicyclic amines) is 1. The maximum absolute atomic E-state index is 12.3. The van der Waals surface area contributed by atoms with E-state index in [0.717, 1.165) is 43.5 Å². The minimum Gasteiger partial charge on any atom is -0.396 e. The van der Waals surface area contributed by atoms with Crippen LogP contribution >= 0.6 is 12.2 Å². The van der Waals surface area contributed by atoms with Crippen LogP contribution in [0.3, 0.4) is 0 Å². The Morgan fingerprint density at radius 1 is 1.38 bits per heavy atom. The summed E-state index contributed by atoms with van der Waals surface area (Å²) in [7, 11) is 0. The molecule has 0 bridgehead atoms. The number of aliphatic hydroxyl groups excluding tert-OH is 1. The number of hydrogen-bond donors (Lipinski definition) is 2. The summed E-state index contributed by atoms with van der Waals surface area (Å²) in [5, 5.41) is 9.03. The summed E-state index contributed by atoms with van der Waals surface area (Å²) >= 11 is 4.92. The first-order valence-electron chi connectivity index (χ1n) is 7.37. The highest BCUT2D eigenvalue weighted by molar-refractivity contribution is 7.80. The van der Waals surface area contributed by atoms with Gasteiger partial charge in [-0.15, -0.1) is 0 Å². The highest BCUT2D eigenvalue weighted by atomic mass is 32.1. The first kappa shape index (κ1) is 15.9. The van der Waals surface area contributed by atoms with Crippen molar-refractivity contribution < 1.29 is 9.90 Å². The van der Waals surface area contributed by atoms with Crippen LogP contribution in [0.15, 0.2) is 24.3 Å².